The summed E-state index contributed by atoms with van der Waals surface area (Å²) < 4.78 is 19.9. The smallest absolute Gasteiger partial charge is 0.241 e. The topological polar surface area (TPSA) is 83.1 Å². The summed E-state index contributed by atoms with van der Waals surface area (Å²) in [5.41, 5.74) is -1.49. The first-order valence-corrected chi connectivity index (χ1v) is 11.5. The van der Waals surface area contributed by atoms with Gasteiger partial charge in [-0.15, -0.1) is 0 Å². The van der Waals surface area contributed by atoms with Gasteiger partial charge >= 0.3 is 0 Å². The number of likely N-dealkylation sites (tertiary alicyclic amines) is 1. The van der Waals surface area contributed by atoms with Crippen molar-refractivity contribution in [2.24, 2.45) is 0 Å². The van der Waals surface area contributed by atoms with E-state index in [2.05, 4.69) is 4.98 Å². The second-order valence-corrected chi connectivity index (χ2v) is 8.90. The van der Waals surface area contributed by atoms with E-state index in [-0.39, 0.29) is 37.5 Å². The fourth-order valence-electron chi connectivity index (χ4n) is 4.61. The number of carbonyl (C=O) groups excluding carboxylic acids is 3. The Labute approximate surface area is 202 Å². The van der Waals surface area contributed by atoms with E-state index in [4.69, 9.17) is 16.3 Å². The third-order valence-electron chi connectivity index (χ3n) is 6.44. The molecule has 2 aliphatic rings. The molecule has 2 fully saturated rings. The summed E-state index contributed by atoms with van der Waals surface area (Å²) in [4.78, 5) is 48.7. The average molecular weight is 489 g/mol. The van der Waals surface area contributed by atoms with E-state index in [1.807, 2.05) is 11.0 Å². The van der Waals surface area contributed by atoms with Gasteiger partial charge in [-0.05, 0) is 18.2 Å². The van der Waals surface area contributed by atoms with Crippen LogP contribution in [0.15, 0.2) is 42.6 Å². The number of methoxy groups -OCH3 is 1. The van der Waals surface area contributed by atoms with Gasteiger partial charge in [0.25, 0.3) is 0 Å². The minimum absolute atomic E-state index is 0.0608. The van der Waals surface area contributed by atoms with Crippen LogP contribution in [0.25, 0.3) is 0 Å². The number of aromatic nitrogens is 1. The van der Waals surface area contributed by atoms with Gasteiger partial charge in [0.1, 0.15) is 11.6 Å². The number of ether oxygens (including phenoxy) is 1. The summed E-state index contributed by atoms with van der Waals surface area (Å²) in [5, 5.41) is 0.548. The van der Waals surface area contributed by atoms with Crippen molar-refractivity contribution in [3.05, 3.63) is 59.0 Å². The summed E-state index contributed by atoms with van der Waals surface area (Å²) in [6, 6.07) is 9.44. The SMILES string of the molecule is COCCN1C(=O)C[C@@](CC(=O)N2CCN(c3ccc(Cl)cn3)CC2)(c2ccccc2F)C1=O. The van der Waals surface area contributed by atoms with Gasteiger partial charge in [0, 0.05) is 57.9 Å². The lowest BCUT2D eigenvalue weighted by Crippen LogP contribution is -2.51. The number of pyridine rings is 1. The number of benzene rings is 1. The fourth-order valence-corrected chi connectivity index (χ4v) is 4.72. The predicted molar refractivity (Wildman–Crippen MR) is 124 cm³/mol. The molecule has 2 aliphatic heterocycles. The van der Waals surface area contributed by atoms with E-state index in [0.29, 0.717) is 31.2 Å². The number of imide groups is 1. The molecule has 10 heteroatoms. The van der Waals surface area contributed by atoms with Crippen molar-refractivity contribution in [3.8, 4) is 0 Å². The van der Waals surface area contributed by atoms with Crippen LogP contribution >= 0.6 is 11.6 Å². The molecule has 180 valence electrons. The molecule has 0 radical (unpaired) electrons. The van der Waals surface area contributed by atoms with Crippen molar-refractivity contribution in [2.45, 2.75) is 18.3 Å². The molecular weight excluding hydrogens is 463 g/mol. The number of halogens is 2. The average Bonchev–Trinajstić information content (AvgIpc) is 3.07. The van der Waals surface area contributed by atoms with E-state index in [1.165, 1.54) is 25.3 Å². The number of hydrogen-bond acceptors (Lipinski definition) is 6. The number of nitrogens with zero attached hydrogens (tertiary/aromatic N) is 4. The minimum atomic E-state index is -1.57. The summed E-state index contributed by atoms with van der Waals surface area (Å²) in [7, 11) is 1.47. The zero-order chi connectivity index (χ0) is 24.3. The summed E-state index contributed by atoms with van der Waals surface area (Å²) >= 11 is 5.91. The van der Waals surface area contributed by atoms with E-state index in [0.717, 1.165) is 10.7 Å². The molecule has 0 unspecified atom stereocenters. The largest absolute Gasteiger partial charge is 0.383 e. The van der Waals surface area contributed by atoms with E-state index in [9.17, 15) is 18.8 Å². The van der Waals surface area contributed by atoms with Crippen LogP contribution < -0.4 is 4.90 Å². The van der Waals surface area contributed by atoms with E-state index < -0.39 is 23.0 Å². The maximum absolute atomic E-state index is 14.9. The fraction of sp³-hybridized carbons (Fsp3) is 0.417. The molecule has 8 nitrogen and oxygen atoms in total. The molecule has 3 heterocycles. The molecule has 0 aliphatic carbocycles. The number of hydrogen-bond donors (Lipinski definition) is 0. The molecule has 0 saturated carbocycles. The Hall–Kier alpha value is -3.04. The lowest BCUT2D eigenvalue weighted by Gasteiger charge is -2.37. The zero-order valence-corrected chi connectivity index (χ0v) is 19.6. The molecule has 0 N–H and O–H groups in total. The van der Waals surface area contributed by atoms with Crippen molar-refractivity contribution in [2.75, 3.05) is 51.3 Å². The summed E-state index contributed by atoms with van der Waals surface area (Å²) in [5.74, 6) is -1.12. The standard InChI is InChI=1S/C24H26ClFN4O4/c1-34-13-12-30-22(32)15-24(23(30)33,18-4-2-3-5-19(18)26)14-21(31)29-10-8-28(9-11-29)20-7-6-17(25)16-27-20/h2-7,16H,8-15H2,1H3/t24-/m0/s1. The van der Waals surface area contributed by atoms with Crippen molar-refractivity contribution in [3.63, 3.8) is 0 Å². The molecule has 34 heavy (non-hydrogen) atoms. The van der Waals surface area contributed by atoms with Crippen LogP contribution in [0.2, 0.25) is 5.02 Å². The third kappa shape index (κ3) is 4.63. The van der Waals surface area contributed by atoms with E-state index in [1.54, 1.807) is 23.2 Å². The van der Waals surface area contributed by atoms with Crippen LogP contribution in [0, 0.1) is 5.82 Å². The van der Waals surface area contributed by atoms with Gasteiger partial charge in [0.05, 0.1) is 23.6 Å². The molecule has 3 amide bonds. The Morgan fingerprint density at radius 3 is 2.53 bits per heavy atom. The van der Waals surface area contributed by atoms with Crippen LogP contribution in [0.3, 0.4) is 0 Å². The Bertz CT molecular complexity index is 1070. The first kappa shape index (κ1) is 24.1. The predicted octanol–water partition coefficient (Wildman–Crippen LogP) is 2.26. The normalized spacial score (nSPS) is 20.9. The Kier molecular flexibility index (Phi) is 7.13. The monoisotopic (exact) mass is 488 g/mol. The second kappa shape index (κ2) is 10.1. The van der Waals surface area contributed by atoms with Crippen molar-refractivity contribution >= 4 is 35.1 Å². The van der Waals surface area contributed by atoms with Gasteiger partial charge in [0.15, 0.2) is 0 Å². The summed E-state index contributed by atoms with van der Waals surface area (Å²) in [6.07, 6.45) is 1.04. The van der Waals surface area contributed by atoms with Crippen LogP contribution in [0.1, 0.15) is 18.4 Å². The maximum Gasteiger partial charge on any atom is 0.241 e. The van der Waals surface area contributed by atoms with Gasteiger partial charge in [-0.25, -0.2) is 9.37 Å². The zero-order valence-electron chi connectivity index (χ0n) is 18.9. The van der Waals surface area contributed by atoms with Crippen LogP contribution in [-0.2, 0) is 24.5 Å². The number of rotatable bonds is 7. The van der Waals surface area contributed by atoms with Gasteiger partial charge < -0.3 is 14.5 Å². The van der Waals surface area contributed by atoms with Gasteiger partial charge in [-0.2, -0.15) is 0 Å². The number of piperazine rings is 1. The Morgan fingerprint density at radius 1 is 1.15 bits per heavy atom. The molecular formula is C24H26ClFN4O4. The van der Waals surface area contributed by atoms with Crippen molar-refractivity contribution in [1.82, 2.24) is 14.8 Å². The quantitative estimate of drug-likeness (QED) is 0.556. The molecule has 2 aromatic rings. The molecule has 2 saturated heterocycles. The number of anilines is 1. The Balaban J connectivity index is 1.53. The number of carbonyl (C=O) groups is 3. The molecule has 1 aromatic heterocycles. The Morgan fingerprint density at radius 2 is 1.88 bits per heavy atom. The summed E-state index contributed by atoms with van der Waals surface area (Å²) in [6.45, 7) is 2.18. The highest BCUT2D eigenvalue weighted by molar-refractivity contribution is 6.30. The first-order valence-electron chi connectivity index (χ1n) is 11.1. The van der Waals surface area contributed by atoms with Gasteiger partial charge in [-0.3, -0.25) is 19.3 Å². The molecule has 0 spiro atoms. The number of amides is 3. The second-order valence-electron chi connectivity index (χ2n) is 8.46. The highest BCUT2D eigenvalue weighted by atomic mass is 35.5. The van der Waals surface area contributed by atoms with Crippen molar-refractivity contribution < 1.29 is 23.5 Å². The van der Waals surface area contributed by atoms with Crippen LogP contribution in [0.5, 0.6) is 0 Å². The van der Waals surface area contributed by atoms with Gasteiger partial charge in [0.2, 0.25) is 17.7 Å². The molecule has 1 aromatic carbocycles. The maximum atomic E-state index is 14.9. The molecule has 0 bridgehead atoms. The molecule has 1 atom stereocenters. The van der Waals surface area contributed by atoms with Crippen LogP contribution in [-0.4, -0.2) is 78.9 Å². The van der Waals surface area contributed by atoms with Crippen molar-refractivity contribution in [1.29, 1.82) is 0 Å². The first-order chi connectivity index (χ1) is 16.4. The van der Waals surface area contributed by atoms with Crippen LogP contribution in [0.4, 0.5) is 10.2 Å². The molecule has 4 rings (SSSR count). The lowest BCUT2D eigenvalue weighted by atomic mass is 9.75. The van der Waals surface area contributed by atoms with Gasteiger partial charge in [-0.1, -0.05) is 29.8 Å². The highest BCUT2D eigenvalue weighted by Gasteiger charge is 2.55. The lowest BCUT2D eigenvalue weighted by molar-refractivity contribution is -0.143. The van der Waals surface area contributed by atoms with E-state index >= 15 is 0 Å². The highest BCUT2D eigenvalue weighted by Crippen LogP contribution is 2.41. The minimum Gasteiger partial charge on any atom is -0.383 e. The third-order valence-corrected chi connectivity index (χ3v) is 6.66.